The molecule has 9 heteroatoms. The van der Waals surface area contributed by atoms with Gasteiger partial charge in [-0.15, -0.1) is 11.3 Å². The third kappa shape index (κ3) is 3.60. The minimum absolute atomic E-state index is 0.000856. The molecule has 5 aromatic rings. The minimum Gasteiger partial charge on any atom is -0.333 e. The van der Waals surface area contributed by atoms with Crippen molar-refractivity contribution in [2.45, 2.75) is 20.4 Å². The lowest BCUT2D eigenvalue weighted by Crippen LogP contribution is -2.21. The number of thiophene rings is 1. The topological polar surface area (TPSA) is 73.8 Å². The second-order valence-electron chi connectivity index (χ2n) is 7.48. The van der Waals surface area contributed by atoms with Crippen LogP contribution in [0.25, 0.3) is 32.4 Å². The molecular formula is C23H16F2N4O2S. The molecule has 0 aliphatic rings. The predicted octanol–water partition coefficient (Wildman–Crippen LogP) is 5.12. The smallest absolute Gasteiger partial charge is 0.268 e. The van der Waals surface area contributed by atoms with Gasteiger partial charge in [0.25, 0.3) is 11.4 Å². The van der Waals surface area contributed by atoms with Crippen LogP contribution in [0.1, 0.15) is 16.7 Å². The fourth-order valence-corrected chi connectivity index (χ4v) is 4.65. The lowest BCUT2D eigenvalue weighted by molar-refractivity contribution is 0.433. The van der Waals surface area contributed by atoms with Gasteiger partial charge in [-0.3, -0.25) is 9.36 Å². The number of benzene rings is 2. The average Bonchev–Trinajstić information content (AvgIpc) is 3.35. The van der Waals surface area contributed by atoms with Gasteiger partial charge in [0, 0.05) is 11.6 Å². The van der Waals surface area contributed by atoms with E-state index in [0.29, 0.717) is 37.9 Å². The highest BCUT2D eigenvalue weighted by Crippen LogP contribution is 2.35. The molecule has 3 heterocycles. The molecule has 0 bridgehead atoms. The summed E-state index contributed by atoms with van der Waals surface area (Å²) in [5, 5.41) is 4.49. The zero-order chi connectivity index (χ0) is 22.4. The van der Waals surface area contributed by atoms with E-state index in [0.717, 1.165) is 17.2 Å². The second kappa shape index (κ2) is 7.76. The van der Waals surface area contributed by atoms with Crippen LogP contribution in [0.2, 0.25) is 0 Å². The molecule has 0 aliphatic heterocycles. The standard InChI is InChI=1S/C23H16F2N4O2S/c1-12-4-3-5-15(6-12)20-27-21(31-28-20)19-13(2)18-22(32-19)26-11-29(23(18)30)10-14-7-16(24)9-17(25)8-14/h3-9,11H,10H2,1-2H3. The van der Waals surface area contributed by atoms with Crippen LogP contribution >= 0.6 is 11.3 Å². The van der Waals surface area contributed by atoms with Crippen LogP contribution in [0.5, 0.6) is 0 Å². The van der Waals surface area contributed by atoms with Crippen LogP contribution in [0.3, 0.4) is 0 Å². The Kier molecular flexibility index (Phi) is 4.90. The minimum atomic E-state index is -0.697. The SMILES string of the molecule is Cc1cccc(-c2noc(-c3sc4ncn(Cc5cc(F)cc(F)c5)c(=O)c4c3C)n2)c1. The number of aromatic nitrogens is 4. The Morgan fingerprint density at radius 3 is 2.62 bits per heavy atom. The summed E-state index contributed by atoms with van der Waals surface area (Å²) in [6.07, 6.45) is 1.37. The molecule has 0 amide bonds. The third-order valence-electron chi connectivity index (χ3n) is 5.09. The molecule has 0 spiro atoms. The van der Waals surface area contributed by atoms with Crippen molar-refractivity contribution >= 4 is 21.6 Å². The number of hydrogen-bond donors (Lipinski definition) is 0. The van der Waals surface area contributed by atoms with Gasteiger partial charge in [0.05, 0.1) is 23.1 Å². The average molecular weight is 450 g/mol. The first-order valence-electron chi connectivity index (χ1n) is 9.73. The largest absolute Gasteiger partial charge is 0.333 e. The van der Waals surface area contributed by atoms with Gasteiger partial charge in [0.15, 0.2) is 0 Å². The Balaban J connectivity index is 1.55. The Hall–Kier alpha value is -3.72. The van der Waals surface area contributed by atoms with Gasteiger partial charge in [-0.05, 0) is 43.2 Å². The zero-order valence-electron chi connectivity index (χ0n) is 17.1. The van der Waals surface area contributed by atoms with Gasteiger partial charge in [-0.25, -0.2) is 13.8 Å². The zero-order valence-corrected chi connectivity index (χ0v) is 17.9. The van der Waals surface area contributed by atoms with E-state index in [1.165, 1.54) is 34.4 Å². The Labute approximate surface area is 184 Å². The molecular weight excluding hydrogens is 434 g/mol. The molecule has 0 unspecified atom stereocenters. The van der Waals surface area contributed by atoms with Gasteiger partial charge in [0.2, 0.25) is 5.82 Å². The monoisotopic (exact) mass is 450 g/mol. The van der Waals surface area contributed by atoms with Crippen molar-refractivity contribution in [2.75, 3.05) is 0 Å². The third-order valence-corrected chi connectivity index (χ3v) is 6.28. The van der Waals surface area contributed by atoms with Crippen LogP contribution in [0, 0.1) is 25.5 Å². The molecule has 0 N–H and O–H groups in total. The van der Waals surface area contributed by atoms with Crippen molar-refractivity contribution in [3.8, 4) is 22.2 Å². The van der Waals surface area contributed by atoms with Gasteiger partial charge < -0.3 is 4.52 Å². The molecule has 0 fully saturated rings. The Bertz CT molecular complexity index is 1520. The molecule has 0 saturated heterocycles. The lowest BCUT2D eigenvalue weighted by atomic mass is 10.1. The normalized spacial score (nSPS) is 11.4. The van der Waals surface area contributed by atoms with Crippen LogP contribution < -0.4 is 5.56 Å². The Morgan fingerprint density at radius 2 is 1.88 bits per heavy atom. The lowest BCUT2D eigenvalue weighted by Gasteiger charge is -2.06. The van der Waals surface area contributed by atoms with Crippen LogP contribution in [-0.2, 0) is 6.54 Å². The van der Waals surface area contributed by atoms with E-state index in [4.69, 9.17) is 4.52 Å². The second-order valence-corrected chi connectivity index (χ2v) is 8.48. The summed E-state index contributed by atoms with van der Waals surface area (Å²) in [5.74, 6) is -0.631. The van der Waals surface area contributed by atoms with Gasteiger partial charge >= 0.3 is 0 Å². The van der Waals surface area contributed by atoms with Gasteiger partial charge in [-0.2, -0.15) is 4.98 Å². The highest BCUT2D eigenvalue weighted by molar-refractivity contribution is 7.22. The van der Waals surface area contributed by atoms with E-state index in [2.05, 4.69) is 15.1 Å². The highest BCUT2D eigenvalue weighted by Gasteiger charge is 2.20. The number of rotatable bonds is 4. The quantitative estimate of drug-likeness (QED) is 0.380. The first-order valence-corrected chi connectivity index (χ1v) is 10.6. The van der Waals surface area contributed by atoms with Crippen molar-refractivity contribution in [1.29, 1.82) is 0 Å². The molecule has 3 aromatic heterocycles. The number of halogens is 2. The highest BCUT2D eigenvalue weighted by atomic mass is 32.1. The summed E-state index contributed by atoms with van der Waals surface area (Å²) in [7, 11) is 0. The first kappa shape index (κ1) is 20.2. The molecule has 0 radical (unpaired) electrons. The van der Waals surface area contributed by atoms with Crippen LogP contribution in [0.4, 0.5) is 8.78 Å². The van der Waals surface area contributed by atoms with Crippen molar-refractivity contribution in [3.63, 3.8) is 0 Å². The molecule has 6 nitrogen and oxygen atoms in total. The van der Waals surface area contributed by atoms with Gasteiger partial charge in [-0.1, -0.05) is 28.9 Å². The van der Waals surface area contributed by atoms with Crippen molar-refractivity contribution in [1.82, 2.24) is 19.7 Å². The number of aryl methyl sites for hydroxylation is 2. The van der Waals surface area contributed by atoms with E-state index in [1.54, 1.807) is 6.92 Å². The van der Waals surface area contributed by atoms with Crippen molar-refractivity contribution < 1.29 is 13.3 Å². The molecule has 32 heavy (non-hydrogen) atoms. The van der Waals surface area contributed by atoms with E-state index >= 15 is 0 Å². The molecule has 2 aromatic carbocycles. The van der Waals surface area contributed by atoms with E-state index in [-0.39, 0.29) is 12.1 Å². The summed E-state index contributed by atoms with van der Waals surface area (Å²) in [6, 6.07) is 10.9. The molecule has 0 aliphatic carbocycles. The molecule has 0 atom stereocenters. The Morgan fingerprint density at radius 1 is 1.09 bits per heavy atom. The molecule has 0 saturated carbocycles. The summed E-state index contributed by atoms with van der Waals surface area (Å²) >= 11 is 1.28. The number of nitrogens with zero attached hydrogens (tertiary/aromatic N) is 4. The maximum atomic E-state index is 13.5. The summed E-state index contributed by atoms with van der Waals surface area (Å²) in [5.41, 5.74) is 2.61. The summed E-state index contributed by atoms with van der Waals surface area (Å²) < 4.78 is 33.8. The van der Waals surface area contributed by atoms with Crippen LogP contribution in [-0.4, -0.2) is 19.7 Å². The number of fused-ring (bicyclic) bond motifs is 1. The molecule has 5 rings (SSSR count). The predicted molar refractivity (Wildman–Crippen MR) is 118 cm³/mol. The van der Waals surface area contributed by atoms with E-state index in [9.17, 15) is 13.6 Å². The van der Waals surface area contributed by atoms with Gasteiger partial charge in [0.1, 0.15) is 16.5 Å². The van der Waals surface area contributed by atoms with E-state index < -0.39 is 11.6 Å². The van der Waals surface area contributed by atoms with Crippen molar-refractivity contribution in [3.05, 3.63) is 87.5 Å². The fourth-order valence-electron chi connectivity index (χ4n) is 3.59. The van der Waals surface area contributed by atoms with Crippen molar-refractivity contribution in [2.24, 2.45) is 0 Å². The van der Waals surface area contributed by atoms with Crippen LogP contribution in [0.15, 0.2) is 58.1 Å². The molecule has 160 valence electrons. The fraction of sp³-hybridized carbons (Fsp3) is 0.130. The maximum absolute atomic E-state index is 13.5. The van der Waals surface area contributed by atoms with E-state index in [1.807, 2.05) is 31.2 Å². The first-order chi connectivity index (χ1) is 15.4. The maximum Gasteiger partial charge on any atom is 0.268 e. The summed E-state index contributed by atoms with van der Waals surface area (Å²) in [4.78, 5) is 23.2. The number of hydrogen-bond acceptors (Lipinski definition) is 6. The summed E-state index contributed by atoms with van der Waals surface area (Å²) in [6.45, 7) is 3.77.